The van der Waals surface area contributed by atoms with Gasteiger partial charge < -0.3 is 14.2 Å². The molecule has 0 aromatic carbocycles. The molecule has 1 spiro atoms. The number of esters is 1. The molecule has 2 saturated carbocycles. The van der Waals surface area contributed by atoms with E-state index in [1.54, 1.807) is 12.2 Å². The minimum absolute atomic E-state index is 0.0285. The molecule has 0 N–H and O–H groups in total. The van der Waals surface area contributed by atoms with Crippen LogP contribution in [0.25, 0.3) is 0 Å². The number of fused-ring (bicyclic) bond motifs is 2. The molecule has 0 bridgehead atoms. The molecule has 0 aromatic rings. The predicted octanol–water partition coefficient (Wildman–Crippen LogP) is 3.29. The third-order valence-electron chi connectivity index (χ3n) is 6.40. The number of carbonyl (C=O) groups excluding carboxylic acids is 2. The summed E-state index contributed by atoms with van der Waals surface area (Å²) in [6.45, 7) is 12.9. The van der Waals surface area contributed by atoms with E-state index in [-0.39, 0.29) is 35.4 Å². The van der Waals surface area contributed by atoms with Gasteiger partial charge in [-0.3, -0.25) is 9.59 Å². The quantitative estimate of drug-likeness (QED) is 0.427. The standard InChI is InChI=1S/C21H30O5/c1-6-8-15-14-9-11-21(25-12-19(3,4)13-26-21)16(14)20(10-7-2,17(15)22)18(23)24-5/h6-7,14-16H,1-2,8-13H2,3-5H3/t14-,15-,16-,20-/m0/s1. The van der Waals surface area contributed by atoms with Crippen molar-refractivity contribution in [3.63, 3.8) is 0 Å². The maximum atomic E-state index is 13.5. The highest BCUT2D eigenvalue weighted by atomic mass is 16.7. The Bertz CT molecular complexity index is 612. The Morgan fingerprint density at radius 3 is 2.46 bits per heavy atom. The summed E-state index contributed by atoms with van der Waals surface area (Å²) in [5.74, 6) is -2.05. The van der Waals surface area contributed by atoms with Crippen LogP contribution in [0.1, 0.15) is 39.5 Å². The first kappa shape index (κ1) is 19.3. The van der Waals surface area contributed by atoms with E-state index >= 15 is 0 Å². The lowest BCUT2D eigenvalue weighted by molar-refractivity contribution is -0.324. The second kappa shape index (κ2) is 6.61. The van der Waals surface area contributed by atoms with Gasteiger partial charge in [0.1, 0.15) is 5.41 Å². The number of allylic oxidation sites excluding steroid dienone is 2. The number of methoxy groups -OCH3 is 1. The van der Waals surface area contributed by atoms with E-state index in [1.807, 2.05) is 0 Å². The Morgan fingerprint density at radius 1 is 1.27 bits per heavy atom. The summed E-state index contributed by atoms with van der Waals surface area (Å²) < 4.78 is 17.7. The van der Waals surface area contributed by atoms with E-state index in [2.05, 4.69) is 27.0 Å². The molecule has 4 atom stereocenters. The highest BCUT2D eigenvalue weighted by Crippen LogP contribution is 2.64. The third-order valence-corrected chi connectivity index (χ3v) is 6.40. The zero-order chi connectivity index (χ0) is 19.2. The minimum atomic E-state index is -1.28. The Morgan fingerprint density at radius 2 is 1.92 bits per heavy atom. The zero-order valence-corrected chi connectivity index (χ0v) is 16.1. The number of ether oxygens (including phenoxy) is 3. The molecule has 0 aromatic heterocycles. The van der Waals surface area contributed by atoms with Crippen molar-refractivity contribution < 1.29 is 23.8 Å². The van der Waals surface area contributed by atoms with Crippen LogP contribution in [0.15, 0.2) is 25.3 Å². The van der Waals surface area contributed by atoms with Gasteiger partial charge in [-0.05, 0) is 25.2 Å². The summed E-state index contributed by atoms with van der Waals surface area (Å²) in [5.41, 5.74) is -1.37. The first-order valence-corrected chi connectivity index (χ1v) is 9.40. The van der Waals surface area contributed by atoms with Crippen molar-refractivity contribution in [2.24, 2.45) is 28.6 Å². The third kappa shape index (κ3) is 2.59. The van der Waals surface area contributed by atoms with Gasteiger partial charge in [-0.2, -0.15) is 0 Å². The molecule has 2 aliphatic carbocycles. The van der Waals surface area contributed by atoms with Gasteiger partial charge in [0.25, 0.3) is 0 Å². The predicted molar refractivity (Wildman–Crippen MR) is 97.2 cm³/mol. The molecule has 3 rings (SSSR count). The molecule has 5 nitrogen and oxygen atoms in total. The van der Waals surface area contributed by atoms with E-state index in [4.69, 9.17) is 14.2 Å². The highest BCUT2D eigenvalue weighted by molar-refractivity contribution is 6.07. The maximum absolute atomic E-state index is 13.5. The summed E-state index contributed by atoms with van der Waals surface area (Å²) in [6, 6.07) is 0. The van der Waals surface area contributed by atoms with Crippen molar-refractivity contribution in [1.82, 2.24) is 0 Å². The van der Waals surface area contributed by atoms with Crippen LogP contribution in [0.4, 0.5) is 0 Å². The minimum Gasteiger partial charge on any atom is -0.468 e. The lowest BCUT2D eigenvalue weighted by Gasteiger charge is -2.48. The van der Waals surface area contributed by atoms with Crippen LogP contribution in [-0.2, 0) is 23.8 Å². The van der Waals surface area contributed by atoms with E-state index in [0.29, 0.717) is 26.1 Å². The summed E-state index contributed by atoms with van der Waals surface area (Å²) in [7, 11) is 1.34. The van der Waals surface area contributed by atoms with E-state index in [1.165, 1.54) is 7.11 Å². The van der Waals surface area contributed by atoms with Gasteiger partial charge >= 0.3 is 5.97 Å². The van der Waals surface area contributed by atoms with Gasteiger partial charge in [-0.1, -0.05) is 26.0 Å². The van der Waals surface area contributed by atoms with Gasteiger partial charge in [0.15, 0.2) is 11.6 Å². The van der Waals surface area contributed by atoms with Crippen molar-refractivity contribution in [3.05, 3.63) is 25.3 Å². The normalized spacial score (nSPS) is 37.3. The van der Waals surface area contributed by atoms with Crippen LogP contribution < -0.4 is 0 Å². The molecule has 1 aliphatic heterocycles. The molecule has 144 valence electrons. The number of ketones is 1. The summed E-state index contributed by atoms with van der Waals surface area (Å²) in [4.78, 5) is 26.4. The molecule has 0 amide bonds. The summed E-state index contributed by atoms with van der Waals surface area (Å²) in [6.07, 6.45) is 5.68. The van der Waals surface area contributed by atoms with E-state index in [0.717, 1.165) is 6.42 Å². The second-order valence-corrected chi connectivity index (χ2v) is 8.68. The number of Topliss-reactive ketones (excluding diaryl/α,β-unsaturated/α-hetero) is 1. The highest BCUT2D eigenvalue weighted by Gasteiger charge is 2.73. The van der Waals surface area contributed by atoms with Crippen LogP contribution in [0.5, 0.6) is 0 Å². The topological polar surface area (TPSA) is 61.8 Å². The smallest absolute Gasteiger partial charge is 0.320 e. The van der Waals surface area contributed by atoms with E-state index in [9.17, 15) is 9.59 Å². The fourth-order valence-electron chi connectivity index (χ4n) is 5.32. The molecule has 3 fully saturated rings. The first-order chi connectivity index (χ1) is 12.3. The number of carbonyl (C=O) groups is 2. The van der Waals surface area contributed by atoms with Crippen molar-refractivity contribution in [1.29, 1.82) is 0 Å². The fourth-order valence-corrected chi connectivity index (χ4v) is 5.32. The maximum Gasteiger partial charge on any atom is 0.320 e. The Kier molecular flexibility index (Phi) is 4.91. The lowest BCUT2D eigenvalue weighted by atomic mass is 9.70. The second-order valence-electron chi connectivity index (χ2n) is 8.68. The first-order valence-electron chi connectivity index (χ1n) is 9.40. The van der Waals surface area contributed by atoms with Crippen molar-refractivity contribution >= 4 is 11.8 Å². The van der Waals surface area contributed by atoms with Crippen LogP contribution in [0.3, 0.4) is 0 Å². The molecule has 5 heteroatoms. The van der Waals surface area contributed by atoms with Crippen molar-refractivity contribution in [2.75, 3.05) is 20.3 Å². The van der Waals surface area contributed by atoms with Crippen LogP contribution in [0, 0.1) is 28.6 Å². The zero-order valence-electron chi connectivity index (χ0n) is 16.1. The molecule has 0 radical (unpaired) electrons. The lowest BCUT2D eigenvalue weighted by Crippen LogP contribution is -2.57. The summed E-state index contributed by atoms with van der Waals surface area (Å²) >= 11 is 0. The van der Waals surface area contributed by atoms with Gasteiger partial charge in [0, 0.05) is 23.7 Å². The SMILES string of the molecule is C=CC[C@@H]1C(=O)[C@@](CC=C)(C(=O)OC)[C@@H]2[C@H]1CCC21OCC(C)(C)CO1. The van der Waals surface area contributed by atoms with Gasteiger partial charge in [0.2, 0.25) is 0 Å². The number of hydrogen-bond donors (Lipinski definition) is 0. The number of rotatable bonds is 5. The van der Waals surface area contributed by atoms with Crippen molar-refractivity contribution in [2.45, 2.75) is 45.3 Å². The Balaban J connectivity index is 2.09. The van der Waals surface area contributed by atoms with E-state index < -0.39 is 17.2 Å². The molecular formula is C21H30O5. The average molecular weight is 362 g/mol. The Hall–Kier alpha value is -1.46. The largest absolute Gasteiger partial charge is 0.468 e. The molecular weight excluding hydrogens is 332 g/mol. The van der Waals surface area contributed by atoms with Crippen LogP contribution in [-0.4, -0.2) is 37.9 Å². The Labute approximate surface area is 155 Å². The van der Waals surface area contributed by atoms with Crippen LogP contribution >= 0.6 is 0 Å². The van der Waals surface area contributed by atoms with Crippen molar-refractivity contribution in [3.8, 4) is 0 Å². The van der Waals surface area contributed by atoms with Gasteiger partial charge in [-0.25, -0.2) is 0 Å². The molecule has 1 heterocycles. The summed E-state index contributed by atoms with van der Waals surface area (Å²) in [5, 5.41) is 0. The van der Waals surface area contributed by atoms with Gasteiger partial charge in [-0.15, -0.1) is 13.2 Å². The molecule has 26 heavy (non-hydrogen) atoms. The number of hydrogen-bond acceptors (Lipinski definition) is 5. The van der Waals surface area contributed by atoms with Gasteiger partial charge in [0.05, 0.1) is 20.3 Å². The molecule has 1 saturated heterocycles. The fraction of sp³-hybridized carbons (Fsp3) is 0.714. The average Bonchev–Trinajstić information content (AvgIpc) is 3.09. The molecule has 3 aliphatic rings. The van der Waals surface area contributed by atoms with Crippen LogP contribution in [0.2, 0.25) is 0 Å². The monoisotopic (exact) mass is 362 g/mol. The molecule has 0 unspecified atom stereocenters.